The average molecular weight is 474 g/mol. The van der Waals surface area contributed by atoms with Gasteiger partial charge in [-0.2, -0.15) is 5.10 Å². The van der Waals surface area contributed by atoms with E-state index in [1.165, 1.54) is 0 Å². The monoisotopic (exact) mass is 473 g/mol. The molecule has 1 amide bonds. The van der Waals surface area contributed by atoms with Crippen molar-refractivity contribution in [3.05, 3.63) is 102 Å². The van der Waals surface area contributed by atoms with Crippen molar-refractivity contribution in [3.63, 3.8) is 0 Å². The molecule has 0 bridgehead atoms. The van der Waals surface area contributed by atoms with E-state index < -0.39 is 10.0 Å². The van der Waals surface area contributed by atoms with E-state index in [9.17, 15) is 13.2 Å². The zero-order chi connectivity index (χ0) is 23.5. The Hall–Kier alpha value is -3.98. The summed E-state index contributed by atoms with van der Waals surface area (Å²) in [6, 6.07) is 18.1. The molecule has 9 heteroatoms. The van der Waals surface area contributed by atoms with Crippen LogP contribution < -0.4 is 5.32 Å². The highest BCUT2D eigenvalue weighted by Gasteiger charge is 2.29. The first-order valence-electron chi connectivity index (χ1n) is 10.9. The van der Waals surface area contributed by atoms with Gasteiger partial charge in [-0.05, 0) is 40.5 Å². The minimum Gasteiger partial charge on any atom is -0.348 e. The second-order valence-corrected chi connectivity index (χ2v) is 9.81. The van der Waals surface area contributed by atoms with E-state index in [1.54, 1.807) is 29.4 Å². The summed E-state index contributed by atoms with van der Waals surface area (Å²) in [5.74, 6) is -0.258. The number of fused-ring (bicyclic) bond motifs is 1. The fraction of sp³-hybridized carbons (Fsp3) is 0.160. The number of benzene rings is 2. The number of hydrogen-bond donors (Lipinski definition) is 1. The van der Waals surface area contributed by atoms with Gasteiger partial charge in [-0.1, -0.05) is 48.5 Å². The van der Waals surface area contributed by atoms with Crippen molar-refractivity contribution in [2.24, 2.45) is 4.40 Å². The van der Waals surface area contributed by atoms with Crippen LogP contribution in [0.25, 0.3) is 11.1 Å². The molecule has 3 aromatic rings. The molecule has 0 spiro atoms. The Kier molecular flexibility index (Phi) is 5.85. The lowest BCUT2D eigenvalue weighted by atomic mass is 9.98. The number of hydrogen-bond acceptors (Lipinski definition) is 5. The summed E-state index contributed by atoms with van der Waals surface area (Å²) in [5.41, 5.74) is 4.40. The summed E-state index contributed by atoms with van der Waals surface area (Å²) in [7, 11) is -3.56. The molecule has 1 N–H and O–H groups in total. The van der Waals surface area contributed by atoms with Crippen LogP contribution in [0.4, 0.5) is 0 Å². The Bertz CT molecular complexity index is 1400. The number of nitrogens with zero attached hydrogens (tertiary/aromatic N) is 4. The van der Waals surface area contributed by atoms with Crippen LogP contribution in [0, 0.1) is 0 Å². The van der Waals surface area contributed by atoms with Gasteiger partial charge in [0.2, 0.25) is 0 Å². The minimum atomic E-state index is -3.56. The number of amidine groups is 1. The van der Waals surface area contributed by atoms with E-state index in [4.69, 9.17) is 0 Å². The standard InChI is InChI=1S/C25H23N5O3S/c31-25(23-7-3-13-29-15-16-34(32,33)28-24(23)29)26-17-21-5-1-2-6-22(21)20-10-8-19(9-11-20)18-30-14-4-12-27-30/h1-14H,15-18H2,(H,26,31). The third-order valence-corrected chi connectivity index (χ3v) is 6.88. The summed E-state index contributed by atoms with van der Waals surface area (Å²) in [6.07, 6.45) is 8.74. The Morgan fingerprint density at radius 1 is 1.06 bits per heavy atom. The molecule has 8 nitrogen and oxygen atoms in total. The van der Waals surface area contributed by atoms with E-state index in [0.29, 0.717) is 13.1 Å². The number of carbonyl (C=O) groups excluding carboxylic acids is 1. The molecule has 0 atom stereocenters. The number of aromatic nitrogens is 2. The Balaban J connectivity index is 1.32. The minimum absolute atomic E-state index is 0.0656. The summed E-state index contributed by atoms with van der Waals surface area (Å²) in [5, 5.41) is 7.17. The molecular formula is C25H23N5O3S. The van der Waals surface area contributed by atoms with E-state index in [1.807, 2.05) is 41.2 Å². The molecule has 2 aliphatic heterocycles. The van der Waals surface area contributed by atoms with Crippen LogP contribution in [0.1, 0.15) is 11.1 Å². The zero-order valence-electron chi connectivity index (χ0n) is 18.3. The van der Waals surface area contributed by atoms with Crippen molar-refractivity contribution in [2.45, 2.75) is 13.1 Å². The summed E-state index contributed by atoms with van der Waals surface area (Å²) in [4.78, 5) is 14.6. The quantitative estimate of drug-likeness (QED) is 0.594. The molecule has 0 radical (unpaired) electrons. The van der Waals surface area contributed by atoms with Gasteiger partial charge in [-0.15, -0.1) is 4.40 Å². The Morgan fingerprint density at radius 2 is 1.88 bits per heavy atom. The largest absolute Gasteiger partial charge is 0.348 e. The molecule has 0 unspecified atom stereocenters. The molecule has 5 rings (SSSR count). The Morgan fingerprint density at radius 3 is 2.68 bits per heavy atom. The lowest BCUT2D eigenvalue weighted by molar-refractivity contribution is -0.117. The summed E-state index contributed by atoms with van der Waals surface area (Å²) in [6.45, 7) is 1.28. The molecule has 0 fully saturated rings. The lowest BCUT2D eigenvalue weighted by Crippen LogP contribution is -2.42. The van der Waals surface area contributed by atoms with Crippen LogP contribution in [-0.4, -0.2) is 47.1 Å². The van der Waals surface area contributed by atoms with Crippen LogP contribution >= 0.6 is 0 Å². The third-order valence-electron chi connectivity index (χ3n) is 5.73. The summed E-state index contributed by atoms with van der Waals surface area (Å²) >= 11 is 0. The van der Waals surface area contributed by atoms with Crippen molar-refractivity contribution >= 4 is 21.8 Å². The van der Waals surface area contributed by atoms with E-state index >= 15 is 0 Å². The van der Waals surface area contributed by atoms with Crippen molar-refractivity contribution in [3.8, 4) is 11.1 Å². The molecular weight excluding hydrogens is 450 g/mol. The molecule has 1 aromatic heterocycles. The van der Waals surface area contributed by atoms with Crippen molar-refractivity contribution in [1.29, 1.82) is 0 Å². The third kappa shape index (κ3) is 4.69. The molecule has 2 aliphatic rings. The second kappa shape index (κ2) is 9.11. The van der Waals surface area contributed by atoms with E-state index in [2.05, 4.69) is 39.1 Å². The smallest absolute Gasteiger partial charge is 0.256 e. The van der Waals surface area contributed by atoms with Gasteiger partial charge >= 0.3 is 0 Å². The van der Waals surface area contributed by atoms with Gasteiger partial charge < -0.3 is 10.2 Å². The maximum absolute atomic E-state index is 13.0. The Labute approximate surface area is 198 Å². The normalized spacial score (nSPS) is 16.4. The number of sulfonamides is 1. The van der Waals surface area contributed by atoms with Gasteiger partial charge in [0, 0.05) is 31.7 Å². The van der Waals surface area contributed by atoms with Crippen molar-refractivity contribution < 1.29 is 13.2 Å². The highest BCUT2D eigenvalue weighted by atomic mass is 32.2. The van der Waals surface area contributed by atoms with Gasteiger partial charge in [0.1, 0.15) is 0 Å². The van der Waals surface area contributed by atoms with E-state index in [0.717, 1.165) is 22.3 Å². The maximum Gasteiger partial charge on any atom is 0.256 e. The first-order chi connectivity index (χ1) is 16.5. The van der Waals surface area contributed by atoms with Crippen LogP contribution in [0.5, 0.6) is 0 Å². The van der Waals surface area contributed by atoms with E-state index in [-0.39, 0.29) is 29.6 Å². The molecule has 2 aromatic carbocycles. The number of allylic oxidation sites excluding steroid dienone is 2. The van der Waals surface area contributed by atoms with Crippen LogP contribution in [0.2, 0.25) is 0 Å². The predicted molar refractivity (Wildman–Crippen MR) is 130 cm³/mol. The van der Waals surface area contributed by atoms with Gasteiger partial charge in [0.05, 0.1) is 17.9 Å². The highest BCUT2D eigenvalue weighted by molar-refractivity contribution is 7.90. The molecule has 34 heavy (non-hydrogen) atoms. The summed E-state index contributed by atoms with van der Waals surface area (Å²) < 4.78 is 29.6. The van der Waals surface area contributed by atoms with Gasteiger partial charge in [-0.3, -0.25) is 9.48 Å². The molecule has 0 aliphatic carbocycles. The number of nitrogens with one attached hydrogen (secondary N) is 1. The van der Waals surface area contributed by atoms with Crippen LogP contribution in [0.15, 0.2) is 95.3 Å². The average Bonchev–Trinajstić information content (AvgIpc) is 3.35. The topological polar surface area (TPSA) is 96.7 Å². The van der Waals surface area contributed by atoms with Gasteiger partial charge in [0.15, 0.2) is 5.84 Å². The second-order valence-electron chi connectivity index (χ2n) is 8.06. The fourth-order valence-electron chi connectivity index (χ4n) is 3.99. The number of amides is 1. The molecule has 0 saturated heterocycles. The SMILES string of the molecule is O=C(NCc1ccccc1-c1ccc(Cn2cccn2)cc1)C1=CC=CN2CCS(=O)(=O)N=C12. The highest BCUT2D eigenvalue weighted by Crippen LogP contribution is 2.25. The number of rotatable bonds is 6. The van der Waals surface area contributed by atoms with Crippen LogP contribution in [-0.2, 0) is 27.9 Å². The number of carbonyl (C=O) groups is 1. The predicted octanol–water partition coefficient (Wildman–Crippen LogP) is 2.71. The van der Waals surface area contributed by atoms with Crippen LogP contribution in [0.3, 0.4) is 0 Å². The first-order valence-corrected chi connectivity index (χ1v) is 12.5. The fourth-order valence-corrected chi connectivity index (χ4v) is 4.98. The van der Waals surface area contributed by atoms with Crippen molar-refractivity contribution in [2.75, 3.05) is 12.3 Å². The van der Waals surface area contributed by atoms with Gasteiger partial charge in [0.25, 0.3) is 15.9 Å². The maximum atomic E-state index is 13.0. The lowest BCUT2D eigenvalue weighted by Gasteiger charge is -2.28. The molecule has 3 heterocycles. The first kappa shape index (κ1) is 21.8. The zero-order valence-corrected chi connectivity index (χ0v) is 19.1. The van der Waals surface area contributed by atoms with Crippen molar-refractivity contribution in [1.82, 2.24) is 20.0 Å². The molecule has 172 valence electrons. The molecule has 0 saturated carbocycles. The van der Waals surface area contributed by atoms with Gasteiger partial charge in [-0.25, -0.2) is 8.42 Å².